The van der Waals surface area contributed by atoms with Crippen molar-refractivity contribution in [3.05, 3.63) is 22.3 Å². The molecule has 1 aromatic rings. The molecule has 1 heterocycles. The Labute approximate surface area is 113 Å². The number of thioether (sulfide) groups is 1. The van der Waals surface area contributed by atoms with Gasteiger partial charge in [0.25, 0.3) is 5.91 Å². The summed E-state index contributed by atoms with van der Waals surface area (Å²) in [4.78, 5) is 15.9. The molecule has 0 unspecified atom stereocenters. The summed E-state index contributed by atoms with van der Waals surface area (Å²) in [5.41, 5.74) is 6.11. The maximum atomic E-state index is 11.9. The van der Waals surface area contributed by atoms with Crippen molar-refractivity contribution < 1.29 is 4.79 Å². The molecular formula is C11H14BrN3OS. The van der Waals surface area contributed by atoms with E-state index in [1.54, 1.807) is 12.3 Å². The molecule has 92 valence electrons. The van der Waals surface area contributed by atoms with E-state index >= 15 is 0 Å². The third kappa shape index (κ3) is 2.93. The van der Waals surface area contributed by atoms with E-state index in [4.69, 9.17) is 5.73 Å². The smallest absolute Gasteiger partial charge is 0.255 e. The van der Waals surface area contributed by atoms with E-state index in [-0.39, 0.29) is 16.5 Å². The quantitative estimate of drug-likeness (QED) is 0.892. The first-order chi connectivity index (χ1) is 8.06. The number of nitrogens with one attached hydrogen (secondary N) is 1. The second-order valence-electron chi connectivity index (χ2n) is 4.16. The van der Waals surface area contributed by atoms with Crippen molar-refractivity contribution in [1.29, 1.82) is 0 Å². The number of halogens is 1. The molecule has 0 atom stereocenters. The zero-order valence-electron chi connectivity index (χ0n) is 9.50. The van der Waals surface area contributed by atoms with Crippen molar-refractivity contribution in [1.82, 2.24) is 10.3 Å². The molecule has 1 amide bonds. The number of nitrogens with zero attached hydrogens (tertiary/aromatic N) is 1. The minimum atomic E-state index is -0.156. The van der Waals surface area contributed by atoms with Gasteiger partial charge >= 0.3 is 0 Å². The summed E-state index contributed by atoms with van der Waals surface area (Å²) < 4.78 is 1.01. The molecule has 1 saturated carbocycles. The van der Waals surface area contributed by atoms with Crippen LogP contribution in [-0.2, 0) is 0 Å². The summed E-state index contributed by atoms with van der Waals surface area (Å²) >= 11 is 5.09. The molecule has 3 N–H and O–H groups in total. The number of hydrogen-bond acceptors (Lipinski definition) is 4. The number of aromatic nitrogens is 1. The maximum Gasteiger partial charge on any atom is 0.255 e. The highest BCUT2D eigenvalue weighted by Crippen LogP contribution is 2.46. The highest BCUT2D eigenvalue weighted by Gasteiger charge is 2.42. The van der Waals surface area contributed by atoms with Crippen LogP contribution in [0.5, 0.6) is 0 Å². The van der Waals surface area contributed by atoms with Gasteiger partial charge in [-0.25, -0.2) is 4.98 Å². The van der Waals surface area contributed by atoms with E-state index < -0.39 is 0 Å². The molecule has 0 saturated heterocycles. The lowest BCUT2D eigenvalue weighted by Gasteiger charge is -2.13. The van der Waals surface area contributed by atoms with Crippen molar-refractivity contribution in [2.45, 2.75) is 17.6 Å². The normalized spacial score (nSPS) is 16.6. The number of nitrogen functional groups attached to an aromatic ring is 1. The molecule has 2 rings (SSSR count). The molecule has 1 aromatic heterocycles. The van der Waals surface area contributed by atoms with E-state index in [1.807, 2.05) is 11.8 Å². The Morgan fingerprint density at radius 3 is 3.00 bits per heavy atom. The highest BCUT2D eigenvalue weighted by molar-refractivity contribution is 9.10. The molecule has 1 fully saturated rings. The summed E-state index contributed by atoms with van der Waals surface area (Å²) in [6.45, 7) is 0.693. The highest BCUT2D eigenvalue weighted by atomic mass is 79.9. The first kappa shape index (κ1) is 12.7. The number of rotatable bonds is 4. The fourth-order valence-electron chi connectivity index (χ4n) is 1.56. The Kier molecular flexibility index (Phi) is 3.63. The van der Waals surface area contributed by atoms with Crippen LogP contribution in [0.1, 0.15) is 23.2 Å². The first-order valence-corrected chi connectivity index (χ1v) is 7.32. The molecule has 0 aromatic carbocycles. The first-order valence-electron chi connectivity index (χ1n) is 5.31. The van der Waals surface area contributed by atoms with E-state index in [0.717, 1.165) is 4.47 Å². The number of carbonyl (C=O) groups is 1. The molecule has 6 heteroatoms. The predicted octanol–water partition coefficient (Wildman–Crippen LogP) is 2.05. The monoisotopic (exact) mass is 315 g/mol. The van der Waals surface area contributed by atoms with Crippen molar-refractivity contribution in [3.63, 3.8) is 0 Å². The Morgan fingerprint density at radius 1 is 1.71 bits per heavy atom. The third-order valence-electron chi connectivity index (χ3n) is 2.94. The SMILES string of the molecule is CSC1(CNC(=O)c2cc(Br)cnc2N)CC1. The topological polar surface area (TPSA) is 68.0 Å². The Hall–Kier alpha value is -0.750. The van der Waals surface area contributed by atoms with Crippen LogP contribution in [0, 0.1) is 0 Å². The van der Waals surface area contributed by atoms with E-state index in [0.29, 0.717) is 12.1 Å². The minimum Gasteiger partial charge on any atom is -0.383 e. The summed E-state index contributed by atoms with van der Waals surface area (Å²) in [7, 11) is 0. The molecular weight excluding hydrogens is 302 g/mol. The van der Waals surface area contributed by atoms with Crippen molar-refractivity contribution in [2.75, 3.05) is 18.5 Å². The summed E-state index contributed by atoms with van der Waals surface area (Å²) in [6, 6.07) is 1.69. The second kappa shape index (κ2) is 4.86. The summed E-state index contributed by atoms with van der Waals surface area (Å²) in [5, 5.41) is 2.92. The summed E-state index contributed by atoms with van der Waals surface area (Å²) in [6.07, 6.45) is 5.99. The summed E-state index contributed by atoms with van der Waals surface area (Å²) in [5.74, 6) is 0.108. The van der Waals surface area contributed by atoms with Gasteiger partial charge in [-0.15, -0.1) is 0 Å². The van der Waals surface area contributed by atoms with Gasteiger partial charge in [0, 0.05) is 22.0 Å². The van der Waals surface area contributed by atoms with Crippen molar-refractivity contribution >= 4 is 39.4 Å². The van der Waals surface area contributed by atoms with Crippen LogP contribution in [0.2, 0.25) is 0 Å². The van der Waals surface area contributed by atoms with Gasteiger partial charge in [0.1, 0.15) is 5.82 Å². The van der Waals surface area contributed by atoms with Crippen molar-refractivity contribution in [3.8, 4) is 0 Å². The standard InChI is InChI=1S/C11H14BrN3OS/c1-17-11(2-3-11)6-15-10(16)8-4-7(12)5-14-9(8)13/h4-5H,2-3,6H2,1H3,(H2,13,14)(H,15,16). The lowest BCUT2D eigenvalue weighted by molar-refractivity contribution is 0.0953. The average Bonchev–Trinajstić information content (AvgIpc) is 3.10. The predicted molar refractivity (Wildman–Crippen MR) is 74.2 cm³/mol. The second-order valence-corrected chi connectivity index (χ2v) is 6.35. The van der Waals surface area contributed by atoms with E-state index in [9.17, 15) is 4.79 Å². The van der Waals surface area contributed by atoms with Gasteiger partial charge in [-0.1, -0.05) is 0 Å². The number of nitrogens with two attached hydrogens (primary N) is 1. The molecule has 0 bridgehead atoms. The van der Waals surface area contributed by atoms with Crippen LogP contribution in [0.4, 0.5) is 5.82 Å². The van der Waals surface area contributed by atoms with Gasteiger partial charge in [0.15, 0.2) is 0 Å². The number of carbonyl (C=O) groups excluding carboxylic acids is 1. The number of anilines is 1. The van der Waals surface area contributed by atoms with E-state index in [2.05, 4.69) is 32.5 Å². The van der Waals surface area contributed by atoms with Crippen LogP contribution >= 0.6 is 27.7 Å². The van der Waals surface area contributed by atoms with Gasteiger partial charge < -0.3 is 11.1 Å². The average molecular weight is 316 g/mol. The molecule has 1 aliphatic rings. The zero-order valence-corrected chi connectivity index (χ0v) is 11.9. The maximum absolute atomic E-state index is 11.9. The van der Waals surface area contributed by atoms with Gasteiger partial charge in [0.2, 0.25) is 0 Å². The molecule has 0 radical (unpaired) electrons. The van der Waals surface area contributed by atoms with Crippen LogP contribution in [0.25, 0.3) is 0 Å². The Bertz CT molecular complexity index is 448. The molecule has 0 aliphatic heterocycles. The zero-order chi connectivity index (χ0) is 12.5. The van der Waals surface area contributed by atoms with Crippen LogP contribution in [-0.4, -0.2) is 28.4 Å². The number of pyridine rings is 1. The molecule has 1 aliphatic carbocycles. The van der Waals surface area contributed by atoms with Crippen molar-refractivity contribution in [2.24, 2.45) is 0 Å². The van der Waals surface area contributed by atoms with E-state index in [1.165, 1.54) is 12.8 Å². The lowest BCUT2D eigenvalue weighted by atomic mass is 10.2. The third-order valence-corrected chi connectivity index (χ3v) is 4.79. The molecule has 0 spiro atoms. The fourth-order valence-corrected chi connectivity index (χ4v) is 2.62. The lowest BCUT2D eigenvalue weighted by Crippen LogP contribution is -2.32. The van der Waals surface area contributed by atoms with Gasteiger partial charge in [0.05, 0.1) is 5.56 Å². The fraction of sp³-hybridized carbons (Fsp3) is 0.455. The van der Waals surface area contributed by atoms with Gasteiger partial charge in [-0.3, -0.25) is 4.79 Å². The van der Waals surface area contributed by atoms with Gasteiger partial charge in [-0.2, -0.15) is 11.8 Å². The Balaban J connectivity index is 2.02. The van der Waals surface area contributed by atoms with Crippen LogP contribution < -0.4 is 11.1 Å². The van der Waals surface area contributed by atoms with Crippen LogP contribution in [0.15, 0.2) is 16.7 Å². The molecule has 17 heavy (non-hydrogen) atoms. The Morgan fingerprint density at radius 2 is 2.41 bits per heavy atom. The van der Waals surface area contributed by atoms with Crippen LogP contribution in [0.3, 0.4) is 0 Å². The van der Waals surface area contributed by atoms with Gasteiger partial charge in [-0.05, 0) is 41.1 Å². The number of amides is 1. The molecule has 4 nitrogen and oxygen atoms in total. The number of hydrogen-bond donors (Lipinski definition) is 2. The largest absolute Gasteiger partial charge is 0.383 e. The minimum absolute atomic E-state index is 0.156.